The average molecular weight is 338 g/mol. The summed E-state index contributed by atoms with van der Waals surface area (Å²) in [6, 6.07) is -0.858. The molecule has 0 saturated carbocycles. The quantitative estimate of drug-likeness (QED) is 0.900. The monoisotopic (exact) mass is 336 g/mol. The minimum atomic E-state index is -1.03. The van der Waals surface area contributed by atoms with Crippen LogP contribution >= 0.6 is 34.8 Å². The number of carboxylic acid groups (broad SMARTS) is 1. The normalized spacial score (nSPS) is 18.9. The van der Waals surface area contributed by atoms with Crippen LogP contribution in [0.4, 0.5) is 0 Å². The maximum Gasteiger partial charge on any atom is 0.326 e. The fourth-order valence-electron chi connectivity index (χ4n) is 2.16. The van der Waals surface area contributed by atoms with Crippen LogP contribution in [0, 0.1) is 0 Å². The summed E-state index contributed by atoms with van der Waals surface area (Å²) in [4.78, 5) is 28.8. The van der Waals surface area contributed by atoms with Gasteiger partial charge in [-0.05, 0) is 19.3 Å². The maximum atomic E-state index is 12.4. The number of pyridine rings is 1. The van der Waals surface area contributed by atoms with Crippen LogP contribution in [-0.2, 0) is 4.79 Å². The van der Waals surface area contributed by atoms with Crippen LogP contribution in [0.25, 0.3) is 0 Å². The highest BCUT2D eigenvalue weighted by Crippen LogP contribution is 2.32. The summed E-state index contributed by atoms with van der Waals surface area (Å²) >= 11 is 17.6. The number of amides is 1. The fraction of sp³-hybridized carbons (Fsp3) is 0.417. The molecule has 0 aromatic carbocycles. The molecule has 5 nitrogen and oxygen atoms in total. The molecule has 1 aliphatic heterocycles. The lowest BCUT2D eigenvalue weighted by atomic mass is 10.0. The summed E-state index contributed by atoms with van der Waals surface area (Å²) < 4.78 is 0. The lowest BCUT2D eigenvalue weighted by molar-refractivity contribution is -0.143. The molecule has 1 N–H and O–H groups in total. The number of aliphatic carboxylic acids is 1. The smallest absolute Gasteiger partial charge is 0.326 e. The number of rotatable bonds is 2. The van der Waals surface area contributed by atoms with Crippen LogP contribution in [-0.4, -0.2) is 39.5 Å². The largest absolute Gasteiger partial charge is 0.480 e. The first-order valence-corrected chi connectivity index (χ1v) is 7.10. The Hall–Kier alpha value is -1.04. The van der Waals surface area contributed by atoms with Gasteiger partial charge < -0.3 is 10.0 Å². The molecule has 2 rings (SSSR count). The third-order valence-electron chi connectivity index (χ3n) is 3.17. The number of carbonyl (C=O) groups excluding carboxylic acids is 1. The Balaban J connectivity index is 2.35. The third-order valence-corrected chi connectivity index (χ3v) is 4.41. The molecule has 0 bridgehead atoms. The van der Waals surface area contributed by atoms with Gasteiger partial charge in [-0.25, -0.2) is 9.78 Å². The molecule has 1 fully saturated rings. The van der Waals surface area contributed by atoms with E-state index < -0.39 is 17.9 Å². The van der Waals surface area contributed by atoms with Gasteiger partial charge in [0.15, 0.2) is 0 Å². The van der Waals surface area contributed by atoms with Crippen molar-refractivity contribution in [3.05, 3.63) is 27.0 Å². The maximum absolute atomic E-state index is 12.4. The average Bonchev–Trinajstić information content (AvgIpc) is 2.44. The lowest BCUT2D eigenvalue weighted by Crippen LogP contribution is -2.48. The first-order chi connectivity index (χ1) is 9.43. The fourth-order valence-corrected chi connectivity index (χ4v) is 2.72. The summed E-state index contributed by atoms with van der Waals surface area (Å²) in [7, 11) is 0. The third kappa shape index (κ3) is 2.85. The Labute approximate surface area is 130 Å². The van der Waals surface area contributed by atoms with Crippen LogP contribution in [0.3, 0.4) is 0 Å². The highest BCUT2D eigenvalue weighted by Gasteiger charge is 2.34. The van der Waals surface area contributed by atoms with Gasteiger partial charge in [0, 0.05) is 12.7 Å². The zero-order valence-corrected chi connectivity index (χ0v) is 12.5. The second-order valence-corrected chi connectivity index (χ2v) is 5.59. The lowest BCUT2D eigenvalue weighted by Gasteiger charge is -2.32. The first-order valence-electron chi connectivity index (χ1n) is 5.96. The number of hydrogen-bond donors (Lipinski definition) is 1. The number of halogens is 3. The number of aromatic nitrogens is 1. The molecule has 1 atom stereocenters. The second kappa shape index (κ2) is 6.16. The van der Waals surface area contributed by atoms with Crippen molar-refractivity contribution in [3.8, 4) is 0 Å². The molecule has 0 unspecified atom stereocenters. The summed E-state index contributed by atoms with van der Waals surface area (Å²) in [5.74, 6) is -1.57. The number of hydrogen-bond acceptors (Lipinski definition) is 3. The van der Waals surface area contributed by atoms with Gasteiger partial charge in [-0.3, -0.25) is 4.79 Å². The van der Waals surface area contributed by atoms with E-state index in [1.807, 2.05) is 0 Å². The Morgan fingerprint density at radius 1 is 1.25 bits per heavy atom. The molecule has 20 heavy (non-hydrogen) atoms. The van der Waals surface area contributed by atoms with Crippen LogP contribution in [0.15, 0.2) is 6.20 Å². The Morgan fingerprint density at radius 2 is 1.95 bits per heavy atom. The predicted molar refractivity (Wildman–Crippen MR) is 75.6 cm³/mol. The van der Waals surface area contributed by atoms with Crippen molar-refractivity contribution in [3.63, 3.8) is 0 Å². The number of nitrogens with zero attached hydrogens (tertiary/aromatic N) is 2. The molecular weight excluding hydrogens is 327 g/mol. The standard InChI is InChI=1S/C12H11Cl3N2O3/c13-6-5-16-10(9(15)8(6)14)11(18)17-4-2-1-3-7(17)12(19)20/h5,7H,1-4H2,(H,19,20)/t7-/m1/s1. The van der Waals surface area contributed by atoms with Crippen LogP contribution in [0.5, 0.6) is 0 Å². The van der Waals surface area contributed by atoms with Gasteiger partial charge in [-0.1, -0.05) is 34.8 Å². The van der Waals surface area contributed by atoms with E-state index in [0.29, 0.717) is 13.0 Å². The number of carbonyl (C=O) groups is 2. The van der Waals surface area contributed by atoms with E-state index in [0.717, 1.165) is 12.8 Å². The van der Waals surface area contributed by atoms with Crippen molar-refractivity contribution in [1.29, 1.82) is 0 Å². The highest BCUT2D eigenvalue weighted by molar-refractivity contribution is 6.48. The van der Waals surface area contributed by atoms with Gasteiger partial charge in [0.1, 0.15) is 11.7 Å². The van der Waals surface area contributed by atoms with Crippen molar-refractivity contribution in [1.82, 2.24) is 9.88 Å². The number of piperidine rings is 1. The first kappa shape index (κ1) is 15.4. The highest BCUT2D eigenvalue weighted by atomic mass is 35.5. The summed E-state index contributed by atoms with van der Waals surface area (Å²) in [6.45, 7) is 0.355. The van der Waals surface area contributed by atoms with E-state index in [4.69, 9.17) is 34.8 Å². The molecule has 1 amide bonds. The van der Waals surface area contributed by atoms with Crippen molar-refractivity contribution in [2.45, 2.75) is 25.3 Å². The molecule has 0 spiro atoms. The minimum absolute atomic E-state index is 0.0376. The SMILES string of the molecule is O=C(O)[C@H]1CCCCN1C(=O)c1ncc(Cl)c(Cl)c1Cl. The molecule has 2 heterocycles. The summed E-state index contributed by atoms with van der Waals surface area (Å²) in [5, 5.41) is 9.30. The van der Waals surface area contributed by atoms with Gasteiger partial charge in [0.25, 0.3) is 5.91 Å². The van der Waals surface area contributed by atoms with Crippen LogP contribution < -0.4 is 0 Å². The molecule has 1 aliphatic rings. The second-order valence-electron chi connectivity index (χ2n) is 4.43. The molecule has 1 saturated heterocycles. The van der Waals surface area contributed by atoms with E-state index >= 15 is 0 Å². The van der Waals surface area contributed by atoms with E-state index in [1.54, 1.807) is 0 Å². The van der Waals surface area contributed by atoms with E-state index in [2.05, 4.69) is 4.98 Å². The zero-order chi connectivity index (χ0) is 14.9. The molecule has 1 aromatic rings. The minimum Gasteiger partial charge on any atom is -0.480 e. The van der Waals surface area contributed by atoms with E-state index in [1.165, 1.54) is 11.1 Å². The number of carboxylic acids is 1. The van der Waals surface area contributed by atoms with Gasteiger partial charge in [0.2, 0.25) is 0 Å². The predicted octanol–water partition coefficient (Wildman–Crippen LogP) is 3.12. The molecule has 0 radical (unpaired) electrons. The Morgan fingerprint density at radius 3 is 2.60 bits per heavy atom. The zero-order valence-electron chi connectivity index (χ0n) is 10.3. The van der Waals surface area contributed by atoms with Gasteiger partial charge in [-0.2, -0.15) is 0 Å². The Bertz CT molecular complexity index is 565. The number of likely N-dealkylation sites (tertiary alicyclic amines) is 1. The van der Waals surface area contributed by atoms with Gasteiger partial charge in [0.05, 0.1) is 15.1 Å². The van der Waals surface area contributed by atoms with E-state index in [-0.39, 0.29) is 20.8 Å². The van der Waals surface area contributed by atoms with Crippen molar-refractivity contribution < 1.29 is 14.7 Å². The molecule has 108 valence electrons. The molecule has 0 aliphatic carbocycles. The molecular formula is C12H11Cl3N2O3. The van der Waals surface area contributed by atoms with Crippen molar-refractivity contribution in [2.24, 2.45) is 0 Å². The van der Waals surface area contributed by atoms with E-state index in [9.17, 15) is 14.7 Å². The van der Waals surface area contributed by atoms with Gasteiger partial charge >= 0.3 is 5.97 Å². The Kier molecular flexibility index (Phi) is 4.73. The van der Waals surface area contributed by atoms with Crippen LogP contribution in [0.1, 0.15) is 29.8 Å². The molecule has 1 aromatic heterocycles. The summed E-state index contributed by atoms with van der Waals surface area (Å²) in [5.41, 5.74) is -0.0748. The van der Waals surface area contributed by atoms with Crippen LogP contribution in [0.2, 0.25) is 15.1 Å². The van der Waals surface area contributed by atoms with Gasteiger partial charge in [-0.15, -0.1) is 0 Å². The molecule has 8 heteroatoms. The van der Waals surface area contributed by atoms with Crippen molar-refractivity contribution in [2.75, 3.05) is 6.54 Å². The van der Waals surface area contributed by atoms with Crippen molar-refractivity contribution >= 4 is 46.7 Å². The summed E-state index contributed by atoms with van der Waals surface area (Å²) in [6.07, 6.45) is 3.15. The topological polar surface area (TPSA) is 70.5 Å².